The number of aryl methyl sites for hydroxylation is 1. The summed E-state index contributed by atoms with van der Waals surface area (Å²) in [7, 11) is 0. The second-order valence-corrected chi connectivity index (χ2v) is 6.85. The van der Waals surface area contributed by atoms with E-state index in [4.69, 9.17) is 0 Å². The summed E-state index contributed by atoms with van der Waals surface area (Å²) in [4.78, 5) is 23.0. The van der Waals surface area contributed by atoms with Gasteiger partial charge in [0.2, 0.25) is 0 Å². The molecule has 4 nitrogen and oxygen atoms in total. The van der Waals surface area contributed by atoms with Gasteiger partial charge in [0.25, 0.3) is 0 Å². The van der Waals surface area contributed by atoms with Gasteiger partial charge in [-0.25, -0.2) is 9.59 Å². The van der Waals surface area contributed by atoms with Crippen molar-refractivity contribution in [3.05, 3.63) is 34.4 Å². The molecule has 0 unspecified atom stereocenters. The van der Waals surface area contributed by atoms with Crippen LogP contribution in [0.15, 0.2) is 12.1 Å². The molecule has 0 saturated carbocycles. The number of unbranched alkanes of at least 4 members (excludes halogenated alkanes) is 5. The van der Waals surface area contributed by atoms with Crippen LogP contribution >= 0.6 is 0 Å². The predicted molar refractivity (Wildman–Crippen MR) is 96.0 cm³/mol. The molecule has 1 aromatic carbocycles. The van der Waals surface area contributed by atoms with E-state index in [1.807, 2.05) is 13.8 Å². The largest absolute Gasteiger partial charge is 0.478 e. The van der Waals surface area contributed by atoms with E-state index < -0.39 is 11.9 Å². The average Bonchev–Trinajstić information content (AvgIpc) is 2.50. The van der Waals surface area contributed by atoms with E-state index in [2.05, 4.69) is 6.92 Å². The van der Waals surface area contributed by atoms with E-state index >= 15 is 0 Å². The molecule has 1 rings (SSSR count). The highest BCUT2D eigenvalue weighted by atomic mass is 16.4. The SMILES string of the molecule is CCCCCCCCc1ccc(C(=O)O)c(C(=O)O)c1CC(C)C. The third-order valence-electron chi connectivity index (χ3n) is 4.27. The van der Waals surface area contributed by atoms with Crippen molar-refractivity contribution in [3.63, 3.8) is 0 Å². The van der Waals surface area contributed by atoms with Crippen LogP contribution in [0.3, 0.4) is 0 Å². The van der Waals surface area contributed by atoms with Crippen LogP contribution in [0.1, 0.15) is 91.1 Å². The van der Waals surface area contributed by atoms with Crippen molar-refractivity contribution in [1.82, 2.24) is 0 Å². The summed E-state index contributed by atoms with van der Waals surface area (Å²) in [6.45, 7) is 6.23. The summed E-state index contributed by atoms with van der Waals surface area (Å²) in [6, 6.07) is 3.25. The standard InChI is InChI=1S/C20H30O4/c1-4-5-6-7-8-9-10-15-11-12-16(19(21)22)18(20(23)24)17(15)13-14(2)3/h11-12,14H,4-10,13H2,1-3H3,(H,21,22)(H,23,24). The van der Waals surface area contributed by atoms with Crippen molar-refractivity contribution in [1.29, 1.82) is 0 Å². The number of carbonyl (C=O) groups is 2. The predicted octanol–water partition coefficient (Wildman–Crippen LogP) is 5.18. The number of hydrogen-bond donors (Lipinski definition) is 2. The lowest BCUT2D eigenvalue weighted by Crippen LogP contribution is -2.15. The molecule has 0 spiro atoms. The Kier molecular flexibility index (Phi) is 8.51. The zero-order valence-electron chi connectivity index (χ0n) is 15.1. The summed E-state index contributed by atoms with van der Waals surface area (Å²) in [5, 5.41) is 18.8. The van der Waals surface area contributed by atoms with Crippen LogP contribution in [0.4, 0.5) is 0 Å². The van der Waals surface area contributed by atoms with Crippen molar-refractivity contribution < 1.29 is 19.8 Å². The van der Waals surface area contributed by atoms with E-state index in [0.717, 1.165) is 24.8 Å². The topological polar surface area (TPSA) is 74.6 Å². The van der Waals surface area contributed by atoms with E-state index in [1.54, 1.807) is 6.07 Å². The summed E-state index contributed by atoms with van der Waals surface area (Å²) >= 11 is 0. The van der Waals surface area contributed by atoms with Gasteiger partial charge >= 0.3 is 11.9 Å². The Morgan fingerprint density at radius 1 is 0.958 bits per heavy atom. The van der Waals surface area contributed by atoms with Crippen LogP contribution in [0.25, 0.3) is 0 Å². The molecule has 24 heavy (non-hydrogen) atoms. The van der Waals surface area contributed by atoms with Crippen LogP contribution in [-0.2, 0) is 12.8 Å². The molecule has 0 aliphatic rings. The lowest BCUT2D eigenvalue weighted by molar-refractivity contribution is 0.0650. The molecule has 0 aliphatic heterocycles. The summed E-state index contributed by atoms with van der Waals surface area (Å²) < 4.78 is 0. The van der Waals surface area contributed by atoms with Gasteiger partial charge in [0.1, 0.15) is 0 Å². The molecule has 0 bridgehead atoms. The van der Waals surface area contributed by atoms with Gasteiger partial charge in [-0.1, -0.05) is 58.9 Å². The fourth-order valence-electron chi connectivity index (χ4n) is 3.08. The third kappa shape index (κ3) is 5.99. The smallest absolute Gasteiger partial charge is 0.336 e. The molecule has 2 N–H and O–H groups in total. The number of hydrogen-bond acceptors (Lipinski definition) is 2. The molecule has 134 valence electrons. The Morgan fingerprint density at radius 3 is 2.12 bits per heavy atom. The van der Waals surface area contributed by atoms with Crippen molar-refractivity contribution in [2.24, 2.45) is 5.92 Å². The zero-order valence-corrected chi connectivity index (χ0v) is 15.1. The van der Waals surface area contributed by atoms with Gasteiger partial charge in [0.05, 0.1) is 11.1 Å². The Labute approximate surface area is 144 Å². The van der Waals surface area contributed by atoms with Crippen LogP contribution in [-0.4, -0.2) is 22.2 Å². The molecular formula is C20H30O4. The summed E-state index contributed by atoms with van der Waals surface area (Å²) in [5.74, 6) is -2.05. The van der Waals surface area contributed by atoms with E-state index in [-0.39, 0.29) is 17.0 Å². The minimum Gasteiger partial charge on any atom is -0.478 e. The minimum absolute atomic E-state index is 0.0281. The highest BCUT2D eigenvalue weighted by molar-refractivity contribution is 6.03. The second kappa shape index (κ2) is 10.1. The number of rotatable bonds is 11. The van der Waals surface area contributed by atoms with Crippen molar-refractivity contribution in [3.8, 4) is 0 Å². The van der Waals surface area contributed by atoms with Gasteiger partial charge in [-0.05, 0) is 42.4 Å². The van der Waals surface area contributed by atoms with Crippen LogP contribution < -0.4 is 0 Å². The molecule has 4 heteroatoms. The zero-order chi connectivity index (χ0) is 18.1. The van der Waals surface area contributed by atoms with Gasteiger partial charge < -0.3 is 10.2 Å². The van der Waals surface area contributed by atoms with E-state index in [9.17, 15) is 19.8 Å². The Hall–Kier alpha value is -1.84. The lowest BCUT2D eigenvalue weighted by atomic mass is 9.88. The number of aromatic carboxylic acids is 2. The van der Waals surface area contributed by atoms with Gasteiger partial charge in [0, 0.05) is 0 Å². The van der Waals surface area contributed by atoms with Crippen molar-refractivity contribution >= 4 is 11.9 Å². The van der Waals surface area contributed by atoms with Crippen LogP contribution in [0, 0.1) is 5.92 Å². The fraction of sp³-hybridized carbons (Fsp3) is 0.600. The first-order valence-corrected chi connectivity index (χ1v) is 8.99. The molecule has 0 aromatic heterocycles. The molecule has 0 atom stereocenters. The monoisotopic (exact) mass is 334 g/mol. The highest BCUT2D eigenvalue weighted by Crippen LogP contribution is 2.25. The first-order chi connectivity index (χ1) is 11.4. The number of benzene rings is 1. The quantitative estimate of drug-likeness (QED) is 0.546. The lowest BCUT2D eigenvalue weighted by Gasteiger charge is -2.17. The molecule has 0 aliphatic carbocycles. The van der Waals surface area contributed by atoms with Gasteiger partial charge in [-0.3, -0.25) is 0 Å². The molecule has 1 aromatic rings. The first-order valence-electron chi connectivity index (χ1n) is 8.99. The summed E-state index contributed by atoms with van der Waals surface area (Å²) in [5.41, 5.74) is 1.55. The molecule has 0 fully saturated rings. The Morgan fingerprint density at radius 2 is 1.58 bits per heavy atom. The van der Waals surface area contributed by atoms with Crippen molar-refractivity contribution in [2.45, 2.75) is 72.1 Å². The maximum Gasteiger partial charge on any atom is 0.336 e. The molecular weight excluding hydrogens is 304 g/mol. The second-order valence-electron chi connectivity index (χ2n) is 6.85. The molecule has 0 saturated heterocycles. The van der Waals surface area contributed by atoms with Crippen LogP contribution in [0.2, 0.25) is 0 Å². The number of carboxylic acids is 2. The van der Waals surface area contributed by atoms with Crippen molar-refractivity contribution in [2.75, 3.05) is 0 Å². The first kappa shape index (κ1) is 20.2. The fourth-order valence-corrected chi connectivity index (χ4v) is 3.08. The van der Waals surface area contributed by atoms with Gasteiger partial charge in [0.15, 0.2) is 0 Å². The Bertz CT molecular complexity index is 561. The number of carboxylic acid groups (broad SMARTS) is 2. The summed E-state index contributed by atoms with van der Waals surface area (Å²) in [6.07, 6.45) is 8.47. The third-order valence-corrected chi connectivity index (χ3v) is 4.27. The molecule has 0 heterocycles. The van der Waals surface area contributed by atoms with Gasteiger partial charge in [-0.2, -0.15) is 0 Å². The maximum absolute atomic E-state index is 11.7. The minimum atomic E-state index is -1.18. The average molecular weight is 334 g/mol. The Balaban J connectivity index is 3.00. The van der Waals surface area contributed by atoms with E-state index in [0.29, 0.717) is 12.0 Å². The van der Waals surface area contributed by atoms with E-state index in [1.165, 1.54) is 31.7 Å². The molecule has 0 radical (unpaired) electrons. The maximum atomic E-state index is 11.7. The highest BCUT2D eigenvalue weighted by Gasteiger charge is 2.23. The normalized spacial score (nSPS) is 11.0. The van der Waals surface area contributed by atoms with Crippen LogP contribution in [0.5, 0.6) is 0 Å². The van der Waals surface area contributed by atoms with Gasteiger partial charge in [-0.15, -0.1) is 0 Å². The molecule has 0 amide bonds.